The van der Waals surface area contributed by atoms with E-state index in [0.717, 1.165) is 6.42 Å². The van der Waals surface area contributed by atoms with Crippen LogP contribution in [0.1, 0.15) is 58.8 Å². The first-order valence-corrected chi connectivity index (χ1v) is 42.3. The third-order valence-electron chi connectivity index (χ3n) is 6.08. The zero-order chi connectivity index (χ0) is 41.8. The van der Waals surface area contributed by atoms with Crippen molar-refractivity contribution in [3.05, 3.63) is 31.5 Å². The van der Waals surface area contributed by atoms with Crippen LogP contribution in [0.25, 0.3) is 0 Å². The van der Waals surface area contributed by atoms with Crippen LogP contribution in [0.2, 0.25) is 117 Å². The van der Waals surface area contributed by atoms with Crippen molar-refractivity contribution < 1.29 is 74.4 Å². The van der Waals surface area contributed by atoms with Gasteiger partial charge in [0.25, 0.3) is 0 Å². The third kappa shape index (κ3) is 31.5. The zero-order valence-electron chi connectivity index (χ0n) is 39.0. The summed E-state index contributed by atoms with van der Waals surface area (Å²) in [7, 11) is -16.9. The van der Waals surface area contributed by atoms with Crippen molar-refractivity contribution in [3.63, 3.8) is 0 Å². The molecule has 2 rings (SSSR count). The van der Waals surface area contributed by atoms with Crippen molar-refractivity contribution in [1.82, 2.24) is 0 Å². The molecule has 8 nitrogen and oxygen atoms in total. The Kier molecular flexibility index (Phi) is 28.9. The van der Waals surface area contributed by atoms with Gasteiger partial charge in [-0.3, -0.25) is 0 Å². The Morgan fingerprint density at radius 1 is 0.700 bits per heavy atom. The molecule has 0 spiro atoms. The summed E-state index contributed by atoms with van der Waals surface area (Å²) in [5.74, 6) is 0. The number of rotatable bonds is 10. The molecule has 0 aromatic rings. The van der Waals surface area contributed by atoms with Crippen LogP contribution in [0.15, 0.2) is 24.6 Å². The minimum absolute atomic E-state index is 0. The van der Waals surface area contributed by atoms with Crippen LogP contribution >= 0.6 is 0 Å². The van der Waals surface area contributed by atoms with E-state index in [2.05, 4.69) is 144 Å². The summed E-state index contributed by atoms with van der Waals surface area (Å²) in [6.07, 6.45) is 4.73. The van der Waals surface area contributed by atoms with Gasteiger partial charge in [0.1, 0.15) is 0 Å². The van der Waals surface area contributed by atoms with E-state index in [-0.39, 0.29) is 35.1 Å². The second-order valence-electron chi connectivity index (χ2n) is 16.0. The summed E-state index contributed by atoms with van der Waals surface area (Å²) in [4.78, 5) is 0. The fraction of sp³-hybridized carbons (Fsp3) is 0.839. The normalized spacial score (nSPS) is 22.0. The van der Waals surface area contributed by atoms with Crippen LogP contribution in [-0.2, 0) is 51.2 Å². The Bertz CT molecular complexity index is 916. The molecule has 0 N–H and O–H groups in total. The van der Waals surface area contributed by atoms with E-state index in [9.17, 15) is 0 Å². The Labute approximate surface area is 353 Å². The summed E-state index contributed by atoms with van der Waals surface area (Å²) in [5.41, 5.74) is 3.92. The van der Waals surface area contributed by atoms with Gasteiger partial charge in [0, 0.05) is 4.40 Å². The number of hydrogen-bond donors (Lipinski definition) is 0. The molecule has 0 radical (unpaired) electrons. The van der Waals surface area contributed by atoms with Gasteiger partial charge in [-0.1, -0.05) is 59.4 Å². The molecule has 2 aliphatic heterocycles. The molecule has 1 unspecified atom stereocenters. The van der Waals surface area contributed by atoms with Crippen LogP contribution in [-0.4, -0.2) is 78.3 Å². The maximum Gasteiger partial charge on any atom is 1.00 e. The maximum absolute atomic E-state index is 6.42. The molecule has 0 amide bonds. The van der Waals surface area contributed by atoms with E-state index >= 15 is 0 Å². The molecule has 50 heavy (non-hydrogen) atoms. The van der Waals surface area contributed by atoms with Crippen LogP contribution in [0, 0.1) is 6.92 Å². The van der Waals surface area contributed by atoms with Gasteiger partial charge in [-0.05, 0) is 117 Å². The minimum Gasteiger partial charge on any atom is -0.343 e. The molecular weight excluding hydrogens is 811 g/mol. The van der Waals surface area contributed by atoms with Crippen LogP contribution in [0.5, 0.6) is 0 Å². The van der Waals surface area contributed by atoms with Crippen molar-refractivity contribution in [2.75, 3.05) is 0 Å². The Balaban J connectivity index is -0.0000000882. The van der Waals surface area contributed by atoms with Crippen molar-refractivity contribution in [3.8, 4) is 0 Å². The standard InChI is InChI=1S/C12H30O2Si3.C7H18O3Si3.C6H18O3Si3.C4H9.2CH4.Li.V.2H2.2H/c1-9-11-12-17(8,10-2)14-16(6,7)13-15(3,4)5;1-7-13(6)9-11(2,3)8-12(4,5)10-13;1-10(2)7-11(3,4)9-12(5,6)8-10;1-3-4-2;;;;;;;;/h10H,2,9,11-12H2,1,3-8H3;7H,1H2,2-6H3;1-6H3;1,3-4H2,2H3;2*1H4;;;2*1H;;/q;;;-1;;;+1;;;;;/i;;;;;;;;1+1D;3*1+1. The molecule has 2 saturated heterocycles. The Morgan fingerprint density at radius 3 is 1.22 bits per heavy atom. The van der Waals surface area contributed by atoms with E-state index in [1.54, 1.807) is 0 Å². The fourth-order valence-electron chi connectivity index (χ4n) is 5.59. The van der Waals surface area contributed by atoms with Gasteiger partial charge in [-0.2, -0.15) is 6.42 Å². The zero-order valence-corrected chi connectivity index (χ0v) is 45.4. The Morgan fingerprint density at radius 2 is 1.00 bits per heavy atom. The predicted octanol–water partition coefficient (Wildman–Crippen LogP) is 8.91. The Hall–Kier alpha value is 2.29. The first-order valence-electron chi connectivity index (χ1n) is 18.8. The van der Waals surface area contributed by atoms with Gasteiger partial charge in [0.2, 0.25) is 8.32 Å². The van der Waals surface area contributed by atoms with Gasteiger partial charge >= 0.3 is 98.8 Å². The second kappa shape index (κ2) is 25.5. The molecule has 2 heterocycles. The van der Waals surface area contributed by atoms with Crippen molar-refractivity contribution in [2.45, 2.75) is 172 Å². The first-order chi connectivity index (χ1) is 22.7. The molecule has 0 bridgehead atoms. The largest absolute Gasteiger partial charge is 1.00 e. The van der Waals surface area contributed by atoms with Gasteiger partial charge in [-0.25, -0.2) is 0 Å². The SMILES string of the molecule is C.C.C=C[Si](C)(CCCC)O[Si](C)(C)O[Si](C)(C)C.C=C[Si]1(C)O[Si](C)(C)O[Si](C)(C)O1.C[Si]1(C)O[Si](C)(C)O[Si](C)(C)O1.[2HH].[2H][2H].[2H][V][2H].[CH2-]CCC.[Li+]. The second-order valence-corrected chi connectivity index (χ2v) is 49.6. The molecule has 0 aliphatic carbocycles. The van der Waals surface area contributed by atoms with E-state index < -0.39 is 94.8 Å². The minimum atomic E-state index is -2.12. The molecule has 0 saturated carbocycles. The molecule has 0 aromatic carbocycles. The van der Waals surface area contributed by atoms with Gasteiger partial charge in [-0.15, -0.1) is 13.2 Å². The third-order valence-corrected chi connectivity index (χ3v) is 40.2. The van der Waals surface area contributed by atoms with Crippen LogP contribution < -0.4 is 18.9 Å². The van der Waals surface area contributed by atoms with Gasteiger partial charge < -0.3 is 39.8 Å². The van der Waals surface area contributed by atoms with E-state index in [1.165, 1.54) is 25.3 Å². The van der Waals surface area contributed by atoms with Gasteiger partial charge in [0.05, 0.1) is 0 Å². The smallest absolute Gasteiger partial charge is 0.343 e. The molecule has 1 atom stereocenters. The molecule has 0 aromatic heterocycles. The van der Waals surface area contributed by atoms with Crippen LogP contribution in [0.4, 0.5) is 0 Å². The first kappa shape index (κ1) is 56.6. The predicted molar refractivity (Wildman–Crippen MR) is 241 cm³/mol. The molecule has 19 heteroatoms. The van der Waals surface area contributed by atoms with E-state index in [0.29, 0.717) is 0 Å². The van der Waals surface area contributed by atoms with Crippen molar-refractivity contribution >= 4 is 76.6 Å². The summed E-state index contributed by atoms with van der Waals surface area (Å²) in [5, 5.41) is 0. The number of unbranched alkanes of at least 4 members (excludes halogenated alkanes) is 2. The number of hydrogen-bond acceptors (Lipinski definition) is 8. The van der Waals surface area contributed by atoms with E-state index in [1.807, 2.05) is 12.2 Å². The molecule has 2 fully saturated rings. The maximum atomic E-state index is 6.42. The quantitative estimate of drug-likeness (QED) is 0.159. The van der Waals surface area contributed by atoms with Crippen molar-refractivity contribution in [1.29, 1.82) is 1.76 Å². The fourth-order valence-corrected chi connectivity index (χ4v) is 49.2. The average molecular weight is 906 g/mol. The van der Waals surface area contributed by atoms with Crippen LogP contribution in [0.3, 0.4) is 0 Å². The topological polar surface area (TPSA) is 73.8 Å². The summed E-state index contributed by atoms with van der Waals surface area (Å²) in [6.45, 7) is 51.9. The summed E-state index contributed by atoms with van der Waals surface area (Å²) < 4.78 is 69.9. The van der Waals surface area contributed by atoms with Gasteiger partial charge in [0.15, 0.2) is 8.32 Å². The molecule has 2 aliphatic rings. The summed E-state index contributed by atoms with van der Waals surface area (Å²) in [6, 6.07) is 1.17. The molecule has 303 valence electrons. The van der Waals surface area contributed by atoms with Crippen molar-refractivity contribution in [2.24, 2.45) is 0 Å². The molecular formula is C31H89LiO8Si9V. The van der Waals surface area contributed by atoms with E-state index in [4.69, 9.17) is 37.6 Å². The monoisotopic (exact) mass is 904 g/mol. The average Bonchev–Trinajstić information content (AvgIpc) is 2.88. The summed E-state index contributed by atoms with van der Waals surface area (Å²) >= 11 is -0.812.